The van der Waals surface area contributed by atoms with Gasteiger partial charge in [0.25, 0.3) is 0 Å². The van der Waals surface area contributed by atoms with Crippen LogP contribution >= 0.6 is 0 Å². The molecule has 0 bridgehead atoms. The van der Waals surface area contributed by atoms with E-state index < -0.39 is 23.0 Å². The van der Waals surface area contributed by atoms with Crippen LogP contribution < -0.4 is 5.32 Å². The first-order valence-corrected chi connectivity index (χ1v) is 9.17. The number of oxazole rings is 1. The lowest BCUT2D eigenvalue weighted by Crippen LogP contribution is -2.47. The van der Waals surface area contributed by atoms with Gasteiger partial charge in [-0.1, -0.05) is 26.8 Å². The van der Waals surface area contributed by atoms with Crippen molar-refractivity contribution in [2.45, 2.75) is 33.6 Å². The van der Waals surface area contributed by atoms with E-state index in [1.165, 1.54) is 6.07 Å². The SMILES string of the molecule is CC(C)(C)C(=O)N1CCCC(C(=O)Nc2nc(-c3c(F)cccc3F)co2)C1. The molecule has 0 aliphatic carbocycles. The summed E-state index contributed by atoms with van der Waals surface area (Å²) in [6, 6.07) is 3.36. The molecule has 3 rings (SSSR count). The fourth-order valence-corrected chi connectivity index (χ4v) is 3.25. The minimum Gasteiger partial charge on any atom is -0.431 e. The van der Waals surface area contributed by atoms with Gasteiger partial charge >= 0.3 is 6.01 Å². The molecule has 0 spiro atoms. The Morgan fingerprint density at radius 3 is 2.57 bits per heavy atom. The van der Waals surface area contributed by atoms with Gasteiger partial charge in [0.1, 0.15) is 23.6 Å². The zero-order valence-corrected chi connectivity index (χ0v) is 16.1. The molecule has 0 saturated carbocycles. The highest BCUT2D eigenvalue weighted by atomic mass is 19.1. The fourth-order valence-electron chi connectivity index (χ4n) is 3.25. The van der Waals surface area contributed by atoms with E-state index in [0.29, 0.717) is 19.5 Å². The number of nitrogens with one attached hydrogen (secondary N) is 1. The monoisotopic (exact) mass is 391 g/mol. The van der Waals surface area contributed by atoms with Crippen LogP contribution in [0.1, 0.15) is 33.6 Å². The Bertz CT molecular complexity index is 869. The van der Waals surface area contributed by atoms with E-state index in [0.717, 1.165) is 24.8 Å². The minimum absolute atomic E-state index is 0.00145. The number of halogens is 2. The predicted octanol–water partition coefficient (Wildman–Crippen LogP) is 3.84. The summed E-state index contributed by atoms with van der Waals surface area (Å²) in [7, 11) is 0. The number of piperidine rings is 1. The van der Waals surface area contributed by atoms with Crippen LogP contribution in [0.3, 0.4) is 0 Å². The molecule has 1 unspecified atom stereocenters. The van der Waals surface area contributed by atoms with Crippen LogP contribution in [0.2, 0.25) is 0 Å². The molecule has 1 aromatic carbocycles. The number of carbonyl (C=O) groups is 2. The van der Waals surface area contributed by atoms with E-state index in [4.69, 9.17) is 4.42 Å². The van der Waals surface area contributed by atoms with E-state index in [9.17, 15) is 18.4 Å². The molecule has 6 nitrogen and oxygen atoms in total. The van der Waals surface area contributed by atoms with Crippen molar-refractivity contribution in [2.75, 3.05) is 18.4 Å². The molecule has 2 amide bonds. The van der Waals surface area contributed by atoms with Gasteiger partial charge in [-0.15, -0.1) is 0 Å². The minimum atomic E-state index is -0.769. The first kappa shape index (κ1) is 20.0. The Hall–Kier alpha value is -2.77. The lowest BCUT2D eigenvalue weighted by Gasteiger charge is -2.35. The molecule has 1 N–H and O–H groups in total. The van der Waals surface area contributed by atoms with Crippen LogP contribution in [0.25, 0.3) is 11.3 Å². The molecule has 2 heterocycles. The lowest BCUT2D eigenvalue weighted by atomic mass is 9.91. The summed E-state index contributed by atoms with van der Waals surface area (Å²) in [5, 5.41) is 2.54. The zero-order valence-electron chi connectivity index (χ0n) is 16.1. The second-order valence-corrected chi connectivity index (χ2v) is 7.96. The Balaban J connectivity index is 1.69. The van der Waals surface area contributed by atoms with Crippen molar-refractivity contribution in [3.05, 3.63) is 36.1 Å². The van der Waals surface area contributed by atoms with Crippen LogP contribution in [0.4, 0.5) is 14.8 Å². The van der Waals surface area contributed by atoms with Crippen molar-refractivity contribution in [1.29, 1.82) is 0 Å². The summed E-state index contributed by atoms with van der Waals surface area (Å²) in [6.07, 6.45) is 2.44. The molecule has 150 valence electrons. The maximum absolute atomic E-state index is 13.9. The number of benzene rings is 1. The number of aromatic nitrogens is 1. The van der Waals surface area contributed by atoms with Crippen molar-refractivity contribution in [3.8, 4) is 11.3 Å². The number of hydrogen-bond donors (Lipinski definition) is 1. The molecule has 2 aromatic rings. The topological polar surface area (TPSA) is 75.4 Å². The smallest absolute Gasteiger partial charge is 0.301 e. The van der Waals surface area contributed by atoms with Crippen molar-refractivity contribution >= 4 is 17.8 Å². The van der Waals surface area contributed by atoms with Crippen LogP contribution in [0.5, 0.6) is 0 Å². The fraction of sp³-hybridized carbons (Fsp3) is 0.450. The normalized spacial score (nSPS) is 17.5. The first-order chi connectivity index (χ1) is 13.2. The number of hydrogen-bond acceptors (Lipinski definition) is 4. The highest BCUT2D eigenvalue weighted by Gasteiger charge is 2.33. The number of likely N-dealkylation sites (tertiary alicyclic amines) is 1. The molecule has 1 saturated heterocycles. The van der Waals surface area contributed by atoms with E-state index in [2.05, 4.69) is 10.3 Å². The molecular weight excluding hydrogens is 368 g/mol. The first-order valence-electron chi connectivity index (χ1n) is 9.17. The summed E-state index contributed by atoms with van der Waals surface area (Å²) < 4.78 is 32.9. The molecule has 1 atom stereocenters. The average molecular weight is 391 g/mol. The third-order valence-corrected chi connectivity index (χ3v) is 4.67. The molecule has 1 aromatic heterocycles. The largest absolute Gasteiger partial charge is 0.431 e. The van der Waals surface area contributed by atoms with Crippen molar-refractivity contribution in [3.63, 3.8) is 0 Å². The van der Waals surface area contributed by atoms with E-state index in [-0.39, 0.29) is 29.1 Å². The van der Waals surface area contributed by atoms with Crippen LogP contribution in [-0.4, -0.2) is 34.8 Å². The average Bonchev–Trinajstić information content (AvgIpc) is 3.08. The summed E-state index contributed by atoms with van der Waals surface area (Å²) in [5.74, 6) is -2.28. The molecule has 0 radical (unpaired) electrons. The molecule has 1 fully saturated rings. The van der Waals surface area contributed by atoms with Gasteiger partial charge in [0, 0.05) is 18.5 Å². The van der Waals surface area contributed by atoms with Crippen molar-refractivity contribution in [2.24, 2.45) is 11.3 Å². The third-order valence-electron chi connectivity index (χ3n) is 4.67. The maximum atomic E-state index is 13.9. The molecule has 1 aliphatic heterocycles. The molecule has 1 aliphatic rings. The highest BCUT2D eigenvalue weighted by molar-refractivity contribution is 5.92. The number of nitrogens with zero attached hydrogens (tertiary/aromatic N) is 2. The number of rotatable bonds is 3. The van der Waals surface area contributed by atoms with Crippen LogP contribution in [0, 0.1) is 23.0 Å². The summed E-state index contributed by atoms with van der Waals surface area (Å²) in [4.78, 5) is 30.7. The molecule has 8 heteroatoms. The second kappa shape index (κ2) is 7.69. The highest BCUT2D eigenvalue weighted by Crippen LogP contribution is 2.28. The van der Waals surface area contributed by atoms with Gasteiger partial charge in [0.2, 0.25) is 11.8 Å². The Labute approximate surface area is 161 Å². The van der Waals surface area contributed by atoms with Gasteiger partial charge in [-0.05, 0) is 25.0 Å². The van der Waals surface area contributed by atoms with E-state index in [1.807, 2.05) is 20.8 Å². The van der Waals surface area contributed by atoms with E-state index in [1.54, 1.807) is 4.90 Å². The number of carbonyl (C=O) groups excluding carboxylic acids is 2. The summed E-state index contributed by atoms with van der Waals surface area (Å²) in [6.45, 7) is 6.46. The Morgan fingerprint density at radius 2 is 1.93 bits per heavy atom. The maximum Gasteiger partial charge on any atom is 0.301 e. The van der Waals surface area contributed by atoms with Crippen molar-refractivity contribution in [1.82, 2.24) is 9.88 Å². The van der Waals surface area contributed by atoms with Gasteiger partial charge in [-0.25, -0.2) is 8.78 Å². The Kier molecular flexibility index (Phi) is 5.49. The number of anilines is 1. The third kappa shape index (κ3) is 4.21. The van der Waals surface area contributed by atoms with E-state index >= 15 is 0 Å². The summed E-state index contributed by atoms with van der Waals surface area (Å²) in [5.41, 5.74) is -0.870. The quantitative estimate of drug-likeness (QED) is 0.863. The summed E-state index contributed by atoms with van der Waals surface area (Å²) >= 11 is 0. The zero-order chi connectivity index (χ0) is 20.5. The molecular formula is C20H23F2N3O3. The lowest BCUT2D eigenvalue weighted by molar-refractivity contribution is -0.142. The van der Waals surface area contributed by atoms with Crippen LogP contribution in [-0.2, 0) is 9.59 Å². The van der Waals surface area contributed by atoms with Crippen LogP contribution in [0.15, 0.2) is 28.9 Å². The van der Waals surface area contributed by atoms with Crippen molar-refractivity contribution < 1.29 is 22.8 Å². The predicted molar refractivity (Wildman–Crippen MR) is 99.2 cm³/mol. The number of amides is 2. The van der Waals surface area contributed by atoms with Gasteiger partial charge < -0.3 is 9.32 Å². The van der Waals surface area contributed by atoms with Gasteiger partial charge in [-0.2, -0.15) is 4.98 Å². The Morgan fingerprint density at radius 1 is 1.25 bits per heavy atom. The van der Waals surface area contributed by atoms with Gasteiger partial charge in [0.15, 0.2) is 0 Å². The van der Waals surface area contributed by atoms with Gasteiger partial charge in [0.05, 0.1) is 11.5 Å². The standard InChI is InChI=1S/C20H23F2N3O3/c1-20(2,3)18(27)25-9-5-6-12(10-25)17(26)24-19-23-15(11-28-19)16-13(21)7-4-8-14(16)22/h4,7-8,11-12H,5-6,9-10H2,1-3H3,(H,23,24,26). The second-order valence-electron chi connectivity index (χ2n) is 7.96. The molecule has 28 heavy (non-hydrogen) atoms. The van der Waals surface area contributed by atoms with Gasteiger partial charge in [-0.3, -0.25) is 14.9 Å².